The van der Waals surface area contributed by atoms with E-state index in [2.05, 4.69) is 0 Å². The summed E-state index contributed by atoms with van der Waals surface area (Å²) in [5.74, 6) is 0.692. The molecule has 2 amide bonds. The van der Waals surface area contributed by atoms with E-state index >= 15 is 0 Å². The smallest absolute Gasteiger partial charge is 0.298 e. The number of imide groups is 1. The van der Waals surface area contributed by atoms with Gasteiger partial charge < -0.3 is 9.47 Å². The van der Waals surface area contributed by atoms with Crippen molar-refractivity contribution in [2.45, 2.75) is 13.5 Å². The standard InChI is InChI=1S/C25H19Cl2NO4S/c1-2-31-22-12-16(10-11-21(22)32-15-17-6-3-4-9-20(17)27)13-23-24(29)28(25(30)33-23)19-8-5-7-18(26)14-19/h3-14H,2,15H2,1H3/b23-13-. The van der Waals surface area contributed by atoms with E-state index in [4.69, 9.17) is 32.7 Å². The predicted octanol–water partition coefficient (Wildman–Crippen LogP) is 7.21. The maximum Gasteiger partial charge on any atom is 0.298 e. The Bertz CT molecular complexity index is 1240. The van der Waals surface area contributed by atoms with Crippen molar-refractivity contribution in [3.05, 3.63) is 92.8 Å². The number of halogens is 2. The van der Waals surface area contributed by atoms with Crippen molar-refractivity contribution in [1.29, 1.82) is 0 Å². The number of anilines is 1. The number of thioether (sulfide) groups is 1. The van der Waals surface area contributed by atoms with E-state index in [1.807, 2.05) is 31.2 Å². The number of carbonyl (C=O) groups is 2. The minimum absolute atomic E-state index is 0.289. The van der Waals surface area contributed by atoms with Gasteiger partial charge in [-0.1, -0.05) is 53.5 Å². The van der Waals surface area contributed by atoms with E-state index < -0.39 is 5.91 Å². The second kappa shape index (κ2) is 10.3. The second-order valence-corrected chi connectivity index (χ2v) is 8.85. The Labute approximate surface area is 205 Å². The molecular formula is C25H19Cl2NO4S. The fourth-order valence-electron chi connectivity index (χ4n) is 3.23. The molecular weight excluding hydrogens is 481 g/mol. The van der Waals surface area contributed by atoms with Crippen LogP contribution in [0.5, 0.6) is 11.5 Å². The van der Waals surface area contributed by atoms with Crippen LogP contribution in [0.15, 0.2) is 71.6 Å². The highest BCUT2D eigenvalue weighted by molar-refractivity contribution is 8.19. The largest absolute Gasteiger partial charge is 0.490 e. The van der Waals surface area contributed by atoms with Crippen LogP contribution in [0.2, 0.25) is 10.0 Å². The zero-order valence-corrected chi connectivity index (χ0v) is 19.9. The van der Waals surface area contributed by atoms with Gasteiger partial charge in [0.15, 0.2) is 11.5 Å². The Kier molecular flexibility index (Phi) is 7.28. The highest BCUT2D eigenvalue weighted by Crippen LogP contribution is 2.37. The van der Waals surface area contributed by atoms with Gasteiger partial charge in [0.1, 0.15) is 6.61 Å². The summed E-state index contributed by atoms with van der Waals surface area (Å²) in [5.41, 5.74) is 2.01. The van der Waals surface area contributed by atoms with Gasteiger partial charge in [0.2, 0.25) is 0 Å². The molecule has 1 saturated heterocycles. The highest BCUT2D eigenvalue weighted by atomic mass is 35.5. The predicted molar refractivity (Wildman–Crippen MR) is 133 cm³/mol. The minimum Gasteiger partial charge on any atom is -0.490 e. The van der Waals surface area contributed by atoms with Crippen molar-refractivity contribution in [3.63, 3.8) is 0 Å². The maximum atomic E-state index is 12.9. The Morgan fingerprint density at radius 3 is 2.52 bits per heavy atom. The van der Waals surface area contributed by atoms with E-state index in [9.17, 15) is 9.59 Å². The quantitative estimate of drug-likeness (QED) is 0.321. The lowest BCUT2D eigenvalue weighted by atomic mass is 10.1. The number of ether oxygens (including phenoxy) is 2. The number of rotatable bonds is 7. The summed E-state index contributed by atoms with van der Waals surface area (Å²) in [6.07, 6.45) is 1.66. The van der Waals surface area contributed by atoms with Crippen LogP contribution >= 0.6 is 35.0 Å². The van der Waals surface area contributed by atoms with E-state index in [1.54, 1.807) is 48.5 Å². The van der Waals surface area contributed by atoms with Gasteiger partial charge in [-0.2, -0.15) is 0 Å². The highest BCUT2D eigenvalue weighted by Gasteiger charge is 2.36. The van der Waals surface area contributed by atoms with Gasteiger partial charge in [-0.15, -0.1) is 0 Å². The average molecular weight is 500 g/mol. The first-order valence-corrected chi connectivity index (χ1v) is 11.7. The number of carbonyl (C=O) groups excluding carboxylic acids is 2. The molecule has 0 saturated carbocycles. The van der Waals surface area contributed by atoms with Crippen LogP contribution in [0.4, 0.5) is 10.5 Å². The van der Waals surface area contributed by atoms with E-state index in [0.29, 0.717) is 44.3 Å². The SMILES string of the molecule is CCOc1cc(/C=C2\SC(=O)N(c3cccc(Cl)c3)C2=O)ccc1OCc1ccccc1Cl. The lowest BCUT2D eigenvalue weighted by molar-refractivity contribution is -0.113. The molecule has 0 aliphatic carbocycles. The molecule has 0 bridgehead atoms. The van der Waals surface area contributed by atoms with E-state index in [0.717, 1.165) is 22.2 Å². The molecule has 1 aliphatic heterocycles. The molecule has 0 atom stereocenters. The Balaban J connectivity index is 1.56. The number of hydrogen-bond acceptors (Lipinski definition) is 5. The van der Waals surface area contributed by atoms with Crippen LogP contribution in [0.3, 0.4) is 0 Å². The minimum atomic E-state index is -0.399. The average Bonchev–Trinajstić information content (AvgIpc) is 3.07. The molecule has 1 aliphatic rings. The molecule has 0 aromatic heterocycles. The first-order chi connectivity index (χ1) is 16.0. The van der Waals surface area contributed by atoms with Crippen LogP contribution < -0.4 is 14.4 Å². The van der Waals surface area contributed by atoms with Gasteiger partial charge >= 0.3 is 0 Å². The van der Waals surface area contributed by atoms with Crippen LogP contribution in [0, 0.1) is 0 Å². The Hall–Kier alpha value is -2.93. The van der Waals surface area contributed by atoms with Crippen molar-refractivity contribution in [2.24, 2.45) is 0 Å². The number of hydrogen-bond donors (Lipinski definition) is 0. The second-order valence-electron chi connectivity index (χ2n) is 7.02. The molecule has 5 nitrogen and oxygen atoms in total. The number of benzene rings is 3. The van der Waals surface area contributed by atoms with E-state index in [-0.39, 0.29) is 11.8 Å². The third kappa shape index (κ3) is 5.36. The fourth-order valence-corrected chi connectivity index (χ4v) is 4.45. The van der Waals surface area contributed by atoms with Gasteiger partial charge in [-0.05, 0) is 66.7 Å². The summed E-state index contributed by atoms with van der Waals surface area (Å²) in [4.78, 5) is 26.8. The molecule has 33 heavy (non-hydrogen) atoms. The summed E-state index contributed by atoms with van der Waals surface area (Å²) in [5, 5.41) is 0.699. The van der Waals surface area contributed by atoms with Crippen LogP contribution in [0.1, 0.15) is 18.1 Å². The van der Waals surface area contributed by atoms with Gasteiger partial charge in [0.25, 0.3) is 11.1 Å². The summed E-state index contributed by atoms with van der Waals surface area (Å²) >= 11 is 13.1. The molecule has 0 spiro atoms. The lowest BCUT2D eigenvalue weighted by Gasteiger charge is -2.13. The Morgan fingerprint density at radius 2 is 1.76 bits per heavy atom. The topological polar surface area (TPSA) is 55.8 Å². The van der Waals surface area contributed by atoms with Crippen molar-refractivity contribution in [2.75, 3.05) is 11.5 Å². The first kappa shape index (κ1) is 23.2. The van der Waals surface area contributed by atoms with Gasteiger partial charge in [0, 0.05) is 15.6 Å². The summed E-state index contributed by atoms with van der Waals surface area (Å²) in [6, 6.07) is 19.4. The molecule has 0 radical (unpaired) electrons. The van der Waals surface area contributed by atoms with Crippen LogP contribution in [0.25, 0.3) is 6.08 Å². The van der Waals surface area contributed by atoms with Gasteiger partial charge in [0.05, 0.1) is 17.2 Å². The first-order valence-electron chi connectivity index (χ1n) is 10.1. The van der Waals surface area contributed by atoms with Crippen molar-refractivity contribution in [3.8, 4) is 11.5 Å². The summed E-state index contributed by atoms with van der Waals surface area (Å²) < 4.78 is 11.7. The van der Waals surface area contributed by atoms with Crippen molar-refractivity contribution < 1.29 is 19.1 Å². The van der Waals surface area contributed by atoms with Crippen molar-refractivity contribution in [1.82, 2.24) is 0 Å². The van der Waals surface area contributed by atoms with Crippen molar-refractivity contribution >= 4 is 57.9 Å². The Morgan fingerprint density at radius 1 is 0.939 bits per heavy atom. The van der Waals surface area contributed by atoms with E-state index in [1.165, 1.54) is 0 Å². The molecule has 1 heterocycles. The van der Waals surface area contributed by atoms with Crippen LogP contribution in [-0.4, -0.2) is 17.8 Å². The molecule has 3 aromatic carbocycles. The zero-order valence-electron chi connectivity index (χ0n) is 17.6. The molecule has 1 fully saturated rings. The maximum absolute atomic E-state index is 12.9. The lowest BCUT2D eigenvalue weighted by Crippen LogP contribution is -2.27. The third-order valence-electron chi connectivity index (χ3n) is 4.77. The summed E-state index contributed by atoms with van der Waals surface area (Å²) in [6.45, 7) is 2.61. The molecule has 168 valence electrons. The molecule has 8 heteroatoms. The normalized spacial score (nSPS) is 14.8. The molecule has 0 unspecified atom stereocenters. The molecule has 0 N–H and O–H groups in total. The van der Waals surface area contributed by atoms with Gasteiger partial charge in [-0.3, -0.25) is 9.59 Å². The monoisotopic (exact) mass is 499 g/mol. The summed E-state index contributed by atoms with van der Waals surface area (Å²) in [7, 11) is 0. The fraction of sp³-hybridized carbons (Fsp3) is 0.120. The van der Waals surface area contributed by atoms with Gasteiger partial charge in [-0.25, -0.2) is 4.90 Å². The molecule has 4 rings (SSSR count). The third-order valence-corrected chi connectivity index (χ3v) is 6.24. The zero-order chi connectivity index (χ0) is 23.4. The molecule has 3 aromatic rings. The van der Waals surface area contributed by atoms with Crippen LogP contribution in [-0.2, 0) is 11.4 Å². The number of amides is 2. The number of nitrogens with zero attached hydrogens (tertiary/aromatic N) is 1.